The molecule has 0 atom stereocenters. The standard InChI is InChI=1S/C27H29N7O2S/c1-36-20-11-7-8-18(14-20)29-16-25-32-33-27(34(25)19-9-3-2-4-10-19)37-17-24(35)21(15-28)26-30-22-12-5-6-13-23(22)31-26/h5-8,11-14,19,29,35H,2-4,9-10,16-17H2,1H3,(H,30,31)/b24-21-. The number of aliphatic hydroxyl groups is 1. The number of nitrogens with one attached hydrogen (secondary N) is 2. The number of thioether (sulfide) groups is 1. The number of anilines is 1. The van der Waals surface area contributed by atoms with Gasteiger partial charge in [-0.2, -0.15) is 5.26 Å². The Balaban J connectivity index is 1.36. The minimum Gasteiger partial charge on any atom is -0.510 e. The van der Waals surface area contributed by atoms with Gasteiger partial charge in [-0.15, -0.1) is 10.2 Å². The van der Waals surface area contributed by atoms with Gasteiger partial charge in [0.1, 0.15) is 23.2 Å². The second-order valence-corrected chi connectivity index (χ2v) is 9.91. The van der Waals surface area contributed by atoms with Crippen LogP contribution in [-0.4, -0.2) is 42.7 Å². The van der Waals surface area contributed by atoms with Gasteiger partial charge in [0, 0.05) is 17.8 Å². The number of allylic oxidation sites excluding steroid dienone is 1. The summed E-state index contributed by atoms with van der Waals surface area (Å²) in [5, 5.41) is 33.8. The molecule has 0 bridgehead atoms. The van der Waals surface area contributed by atoms with Crippen LogP contribution in [0.3, 0.4) is 0 Å². The van der Waals surface area contributed by atoms with E-state index in [2.05, 4.69) is 36.1 Å². The summed E-state index contributed by atoms with van der Waals surface area (Å²) in [6.45, 7) is 0.515. The van der Waals surface area contributed by atoms with E-state index >= 15 is 0 Å². The molecule has 3 N–H and O–H groups in total. The Morgan fingerprint density at radius 1 is 1.19 bits per heavy atom. The highest BCUT2D eigenvalue weighted by atomic mass is 32.2. The van der Waals surface area contributed by atoms with Crippen molar-refractivity contribution in [3.05, 3.63) is 65.9 Å². The van der Waals surface area contributed by atoms with Gasteiger partial charge < -0.3 is 24.7 Å². The van der Waals surface area contributed by atoms with E-state index in [1.165, 1.54) is 31.0 Å². The van der Waals surface area contributed by atoms with Crippen LogP contribution in [0.25, 0.3) is 16.6 Å². The number of methoxy groups -OCH3 is 1. The van der Waals surface area contributed by atoms with Gasteiger partial charge in [-0.05, 0) is 37.1 Å². The number of imidazole rings is 1. The van der Waals surface area contributed by atoms with E-state index in [1.807, 2.05) is 48.5 Å². The molecule has 1 saturated carbocycles. The summed E-state index contributed by atoms with van der Waals surface area (Å²) in [5.74, 6) is 2.14. The third kappa shape index (κ3) is 5.57. The van der Waals surface area contributed by atoms with Crippen molar-refractivity contribution in [2.45, 2.75) is 49.8 Å². The topological polar surface area (TPSA) is 125 Å². The minimum atomic E-state index is -0.0409. The molecule has 0 saturated heterocycles. The number of hydrogen-bond acceptors (Lipinski definition) is 8. The summed E-state index contributed by atoms with van der Waals surface area (Å²) in [6.07, 6.45) is 5.73. The van der Waals surface area contributed by atoms with Crippen LogP contribution in [0, 0.1) is 11.3 Å². The van der Waals surface area contributed by atoms with Crippen molar-refractivity contribution in [2.24, 2.45) is 0 Å². The molecule has 0 amide bonds. The van der Waals surface area contributed by atoms with E-state index in [9.17, 15) is 10.4 Å². The molecule has 9 nitrogen and oxygen atoms in total. The Morgan fingerprint density at radius 3 is 2.81 bits per heavy atom. The van der Waals surface area contributed by atoms with Crippen molar-refractivity contribution >= 4 is 34.1 Å². The highest BCUT2D eigenvalue weighted by Crippen LogP contribution is 2.34. The Morgan fingerprint density at radius 2 is 2.03 bits per heavy atom. The van der Waals surface area contributed by atoms with E-state index in [0.29, 0.717) is 18.4 Å². The summed E-state index contributed by atoms with van der Waals surface area (Å²) >= 11 is 1.38. The first-order valence-corrected chi connectivity index (χ1v) is 13.4. The van der Waals surface area contributed by atoms with E-state index in [-0.39, 0.29) is 17.1 Å². The normalized spacial score (nSPS) is 14.8. The Kier molecular flexibility index (Phi) is 7.61. The molecule has 4 aromatic rings. The van der Waals surface area contributed by atoms with Gasteiger partial charge in [-0.1, -0.05) is 49.2 Å². The minimum absolute atomic E-state index is 0.0409. The molecule has 1 aliphatic carbocycles. The van der Waals surface area contributed by atoms with E-state index < -0.39 is 0 Å². The van der Waals surface area contributed by atoms with E-state index in [1.54, 1.807) is 7.11 Å². The lowest BCUT2D eigenvalue weighted by atomic mass is 9.95. The zero-order valence-corrected chi connectivity index (χ0v) is 21.5. The Hall–Kier alpha value is -3.97. The number of aromatic amines is 1. The molecule has 37 heavy (non-hydrogen) atoms. The fourth-order valence-electron chi connectivity index (χ4n) is 4.68. The number of benzene rings is 2. The maximum atomic E-state index is 10.9. The average molecular weight is 516 g/mol. The summed E-state index contributed by atoms with van der Waals surface area (Å²) in [6, 6.07) is 17.7. The number of nitrogens with zero attached hydrogens (tertiary/aromatic N) is 5. The fraction of sp³-hybridized carbons (Fsp3) is 0.333. The molecule has 0 aliphatic heterocycles. The molecule has 190 valence electrons. The molecule has 2 aromatic carbocycles. The monoisotopic (exact) mass is 515 g/mol. The summed E-state index contributed by atoms with van der Waals surface area (Å²) in [5.41, 5.74) is 2.64. The summed E-state index contributed by atoms with van der Waals surface area (Å²) in [4.78, 5) is 7.59. The number of hydrogen-bond donors (Lipinski definition) is 3. The smallest absolute Gasteiger partial charge is 0.191 e. The number of ether oxygens (including phenoxy) is 1. The largest absolute Gasteiger partial charge is 0.510 e. The van der Waals surface area contributed by atoms with Crippen molar-refractivity contribution in [3.8, 4) is 11.8 Å². The van der Waals surface area contributed by atoms with Crippen LogP contribution in [0.4, 0.5) is 5.69 Å². The Bertz CT molecular complexity index is 1410. The molecule has 0 spiro atoms. The molecule has 0 unspecified atom stereocenters. The van der Waals surface area contributed by atoms with Crippen LogP contribution < -0.4 is 10.1 Å². The first kappa shape index (κ1) is 24.7. The van der Waals surface area contributed by atoms with Crippen LogP contribution in [0.1, 0.15) is 49.8 Å². The molecular formula is C27H29N7O2S. The maximum absolute atomic E-state index is 10.9. The lowest BCUT2D eigenvalue weighted by Gasteiger charge is -2.25. The summed E-state index contributed by atoms with van der Waals surface area (Å²) in [7, 11) is 1.65. The number of H-pyrrole nitrogens is 1. The third-order valence-electron chi connectivity index (χ3n) is 6.56. The molecule has 1 aliphatic rings. The number of nitriles is 1. The lowest BCUT2D eigenvalue weighted by Crippen LogP contribution is -2.18. The number of fused-ring (bicyclic) bond motifs is 1. The second kappa shape index (κ2) is 11.4. The molecular weight excluding hydrogens is 486 g/mol. The SMILES string of the molecule is COc1cccc(NCc2nnc(SC/C(O)=C(\C#N)c3nc4ccccc4[nH]3)n2C2CCCCC2)c1. The zero-order chi connectivity index (χ0) is 25.6. The number of para-hydroxylation sites is 2. The highest BCUT2D eigenvalue weighted by molar-refractivity contribution is 7.99. The molecule has 2 heterocycles. The van der Waals surface area contributed by atoms with E-state index in [4.69, 9.17) is 4.74 Å². The van der Waals surface area contributed by atoms with E-state index in [0.717, 1.165) is 46.3 Å². The predicted molar refractivity (Wildman–Crippen MR) is 144 cm³/mol. The third-order valence-corrected chi connectivity index (χ3v) is 7.51. The van der Waals surface area contributed by atoms with Crippen molar-refractivity contribution in [1.82, 2.24) is 24.7 Å². The van der Waals surface area contributed by atoms with Gasteiger partial charge in [0.2, 0.25) is 0 Å². The summed E-state index contributed by atoms with van der Waals surface area (Å²) < 4.78 is 7.53. The van der Waals surface area contributed by atoms with Gasteiger partial charge >= 0.3 is 0 Å². The van der Waals surface area contributed by atoms with Crippen molar-refractivity contribution in [2.75, 3.05) is 18.2 Å². The van der Waals surface area contributed by atoms with Crippen LogP contribution >= 0.6 is 11.8 Å². The first-order chi connectivity index (χ1) is 18.2. The maximum Gasteiger partial charge on any atom is 0.191 e. The van der Waals surface area contributed by atoms with Crippen molar-refractivity contribution < 1.29 is 9.84 Å². The van der Waals surface area contributed by atoms with Crippen LogP contribution in [0.5, 0.6) is 5.75 Å². The Labute approximate surface area is 219 Å². The van der Waals surface area contributed by atoms with Gasteiger partial charge in [0.25, 0.3) is 0 Å². The van der Waals surface area contributed by atoms with Gasteiger partial charge in [0.15, 0.2) is 16.8 Å². The second-order valence-electron chi connectivity index (χ2n) is 8.97. The number of aliphatic hydroxyl groups excluding tert-OH is 1. The van der Waals surface area contributed by atoms with Crippen LogP contribution in [0.2, 0.25) is 0 Å². The molecule has 2 aromatic heterocycles. The predicted octanol–water partition coefficient (Wildman–Crippen LogP) is 5.87. The van der Waals surface area contributed by atoms with Gasteiger partial charge in [0.05, 0.1) is 30.4 Å². The quantitative estimate of drug-likeness (QED) is 0.144. The van der Waals surface area contributed by atoms with Gasteiger partial charge in [-0.3, -0.25) is 0 Å². The lowest BCUT2D eigenvalue weighted by molar-refractivity contribution is 0.330. The molecule has 1 fully saturated rings. The van der Waals surface area contributed by atoms with Crippen molar-refractivity contribution in [1.29, 1.82) is 5.26 Å². The number of rotatable bonds is 9. The fourth-order valence-corrected chi connectivity index (χ4v) is 5.58. The average Bonchev–Trinajstić information content (AvgIpc) is 3.55. The zero-order valence-electron chi connectivity index (χ0n) is 20.6. The number of aromatic nitrogens is 5. The highest BCUT2D eigenvalue weighted by Gasteiger charge is 2.24. The molecule has 10 heteroatoms. The van der Waals surface area contributed by atoms with Gasteiger partial charge in [-0.25, -0.2) is 4.98 Å². The van der Waals surface area contributed by atoms with Crippen LogP contribution in [-0.2, 0) is 6.54 Å². The first-order valence-electron chi connectivity index (χ1n) is 12.4. The van der Waals surface area contributed by atoms with Crippen molar-refractivity contribution in [3.63, 3.8) is 0 Å². The molecule has 5 rings (SSSR count). The van der Waals surface area contributed by atoms with Crippen LogP contribution in [0.15, 0.2) is 59.4 Å². The molecule has 0 radical (unpaired) electrons.